The van der Waals surface area contributed by atoms with Gasteiger partial charge in [0.1, 0.15) is 28.9 Å². The predicted octanol–water partition coefficient (Wildman–Crippen LogP) is 3.08. The SMILES string of the molecule is C[C@H](CNC(=O)Cc1cnc(C(C)(C)O)[nH]1)n1ccc(-c2cc(F)c(C#N)c(Cl)c2)n1. The van der Waals surface area contributed by atoms with E-state index in [1.807, 2.05) is 6.92 Å². The van der Waals surface area contributed by atoms with Crippen LogP contribution >= 0.6 is 11.6 Å². The van der Waals surface area contributed by atoms with Gasteiger partial charge in [-0.15, -0.1) is 0 Å². The number of aromatic nitrogens is 4. The van der Waals surface area contributed by atoms with Gasteiger partial charge in [0, 0.05) is 30.2 Å². The smallest absolute Gasteiger partial charge is 0.226 e. The largest absolute Gasteiger partial charge is 0.383 e. The minimum absolute atomic E-state index is 0.0268. The summed E-state index contributed by atoms with van der Waals surface area (Å²) in [5.74, 6) is -0.510. The van der Waals surface area contributed by atoms with Gasteiger partial charge < -0.3 is 15.4 Å². The van der Waals surface area contributed by atoms with E-state index in [4.69, 9.17) is 16.9 Å². The van der Waals surface area contributed by atoms with Crippen molar-refractivity contribution in [2.24, 2.45) is 0 Å². The molecule has 0 saturated carbocycles. The van der Waals surface area contributed by atoms with Crippen LogP contribution in [0.4, 0.5) is 4.39 Å². The molecule has 0 spiro atoms. The fourth-order valence-electron chi connectivity index (χ4n) is 2.92. The Morgan fingerprint density at radius 3 is 2.84 bits per heavy atom. The number of aliphatic hydroxyl groups is 1. The first-order chi connectivity index (χ1) is 14.6. The van der Waals surface area contributed by atoms with Crippen LogP contribution in [0.15, 0.2) is 30.6 Å². The van der Waals surface area contributed by atoms with E-state index in [2.05, 4.69) is 20.4 Å². The number of carbonyl (C=O) groups excluding carboxylic acids is 1. The van der Waals surface area contributed by atoms with Crippen molar-refractivity contribution < 1.29 is 14.3 Å². The van der Waals surface area contributed by atoms with Gasteiger partial charge >= 0.3 is 0 Å². The molecule has 31 heavy (non-hydrogen) atoms. The zero-order valence-corrected chi connectivity index (χ0v) is 18.0. The number of halogens is 2. The molecule has 1 amide bonds. The van der Waals surface area contributed by atoms with Crippen LogP contribution in [0.5, 0.6) is 0 Å². The molecule has 1 aromatic carbocycles. The lowest BCUT2D eigenvalue weighted by Crippen LogP contribution is -2.31. The normalized spacial score (nSPS) is 12.4. The van der Waals surface area contributed by atoms with Crippen LogP contribution in [0, 0.1) is 17.1 Å². The standard InChI is InChI=1S/C21H22ClFN6O2/c1-12(10-25-19(30)8-14-11-26-20(27-14)21(2,3)31)29-5-4-18(28-29)13-6-16(22)15(9-24)17(23)7-13/h4-7,11-12,31H,8,10H2,1-3H3,(H,25,30)(H,26,27)/t12-/m1/s1. The van der Waals surface area contributed by atoms with Crippen LogP contribution in [0.25, 0.3) is 11.3 Å². The van der Waals surface area contributed by atoms with Gasteiger partial charge in [-0.3, -0.25) is 9.48 Å². The maximum atomic E-state index is 14.0. The molecule has 1 atom stereocenters. The Hall–Kier alpha value is -3.22. The number of hydrogen-bond acceptors (Lipinski definition) is 5. The van der Waals surface area contributed by atoms with E-state index in [1.54, 1.807) is 36.9 Å². The van der Waals surface area contributed by atoms with Crippen molar-refractivity contribution in [1.82, 2.24) is 25.1 Å². The Balaban J connectivity index is 1.60. The molecule has 3 N–H and O–H groups in total. The molecular weight excluding hydrogens is 423 g/mol. The first-order valence-electron chi connectivity index (χ1n) is 9.56. The molecule has 0 aliphatic carbocycles. The van der Waals surface area contributed by atoms with Crippen LogP contribution in [0.1, 0.15) is 43.9 Å². The van der Waals surface area contributed by atoms with Gasteiger partial charge in [-0.25, -0.2) is 9.37 Å². The second-order valence-electron chi connectivity index (χ2n) is 7.75. The lowest BCUT2D eigenvalue weighted by molar-refractivity contribution is -0.120. The van der Waals surface area contributed by atoms with Gasteiger partial charge in [-0.2, -0.15) is 10.4 Å². The molecule has 8 nitrogen and oxygen atoms in total. The van der Waals surface area contributed by atoms with Gasteiger partial charge in [0.2, 0.25) is 5.91 Å². The van der Waals surface area contributed by atoms with E-state index < -0.39 is 11.4 Å². The van der Waals surface area contributed by atoms with E-state index in [9.17, 15) is 14.3 Å². The molecule has 0 radical (unpaired) electrons. The van der Waals surface area contributed by atoms with Crippen molar-refractivity contribution in [3.63, 3.8) is 0 Å². The Labute approximate surface area is 183 Å². The van der Waals surface area contributed by atoms with E-state index in [1.165, 1.54) is 18.3 Å². The average Bonchev–Trinajstić information content (AvgIpc) is 3.35. The number of amides is 1. The first-order valence-corrected chi connectivity index (χ1v) is 9.94. The number of nitriles is 1. The molecule has 3 rings (SSSR count). The molecule has 0 fully saturated rings. The highest BCUT2D eigenvalue weighted by atomic mass is 35.5. The zero-order valence-electron chi connectivity index (χ0n) is 17.3. The summed E-state index contributed by atoms with van der Waals surface area (Å²) in [5, 5.41) is 26.1. The number of benzene rings is 1. The topological polar surface area (TPSA) is 120 Å². The highest BCUT2D eigenvalue weighted by molar-refractivity contribution is 6.32. The summed E-state index contributed by atoms with van der Waals surface area (Å²) in [6.07, 6.45) is 3.35. The summed E-state index contributed by atoms with van der Waals surface area (Å²) in [6, 6.07) is 5.98. The third-order valence-corrected chi connectivity index (χ3v) is 4.96. The second-order valence-corrected chi connectivity index (χ2v) is 8.16. The van der Waals surface area contributed by atoms with Crippen molar-refractivity contribution in [1.29, 1.82) is 5.26 Å². The van der Waals surface area contributed by atoms with Gasteiger partial charge in [-0.1, -0.05) is 11.6 Å². The third-order valence-electron chi connectivity index (χ3n) is 4.66. The van der Waals surface area contributed by atoms with Crippen molar-refractivity contribution in [2.75, 3.05) is 6.54 Å². The Morgan fingerprint density at radius 2 is 2.23 bits per heavy atom. The van der Waals surface area contributed by atoms with Crippen molar-refractivity contribution in [2.45, 2.75) is 38.8 Å². The van der Waals surface area contributed by atoms with E-state index in [-0.39, 0.29) is 29.0 Å². The fourth-order valence-corrected chi connectivity index (χ4v) is 3.17. The van der Waals surface area contributed by atoms with E-state index >= 15 is 0 Å². The minimum Gasteiger partial charge on any atom is -0.383 e. The molecular formula is C21H22ClFN6O2. The number of aromatic amines is 1. The summed E-state index contributed by atoms with van der Waals surface area (Å²) in [7, 11) is 0. The van der Waals surface area contributed by atoms with Crippen LogP contribution < -0.4 is 5.32 Å². The summed E-state index contributed by atoms with van der Waals surface area (Å²) in [4.78, 5) is 19.3. The van der Waals surface area contributed by atoms with Crippen LogP contribution in [0.2, 0.25) is 5.02 Å². The molecule has 2 heterocycles. The van der Waals surface area contributed by atoms with Crippen LogP contribution in [0.3, 0.4) is 0 Å². The molecule has 162 valence electrons. The lowest BCUT2D eigenvalue weighted by Gasteiger charge is -2.14. The number of imidazole rings is 1. The Bertz CT molecular complexity index is 1120. The average molecular weight is 445 g/mol. The van der Waals surface area contributed by atoms with Gasteiger partial charge in [-0.05, 0) is 39.0 Å². The third kappa shape index (κ3) is 5.29. The fraction of sp³-hybridized carbons (Fsp3) is 0.333. The number of nitrogens with one attached hydrogen (secondary N) is 2. The summed E-state index contributed by atoms with van der Waals surface area (Å²) in [6.45, 7) is 5.42. The van der Waals surface area contributed by atoms with Crippen molar-refractivity contribution >= 4 is 17.5 Å². The Morgan fingerprint density at radius 1 is 1.48 bits per heavy atom. The number of H-pyrrole nitrogens is 1. The van der Waals surface area contributed by atoms with Crippen LogP contribution in [-0.4, -0.2) is 37.3 Å². The monoisotopic (exact) mass is 444 g/mol. The number of rotatable bonds is 7. The van der Waals surface area contributed by atoms with E-state index in [0.717, 1.165) is 0 Å². The maximum absolute atomic E-state index is 14.0. The lowest BCUT2D eigenvalue weighted by atomic mass is 10.1. The summed E-state index contributed by atoms with van der Waals surface area (Å²) >= 11 is 5.97. The first kappa shape index (κ1) is 22.5. The maximum Gasteiger partial charge on any atom is 0.226 e. The molecule has 0 bridgehead atoms. The highest BCUT2D eigenvalue weighted by Crippen LogP contribution is 2.27. The highest BCUT2D eigenvalue weighted by Gasteiger charge is 2.20. The molecule has 2 aromatic heterocycles. The van der Waals surface area contributed by atoms with Gasteiger partial charge in [0.25, 0.3) is 0 Å². The van der Waals surface area contributed by atoms with Crippen molar-refractivity contribution in [3.8, 4) is 17.3 Å². The number of nitrogens with zero attached hydrogens (tertiary/aromatic N) is 4. The van der Waals surface area contributed by atoms with Gasteiger partial charge in [0.05, 0.1) is 23.2 Å². The molecule has 0 aliphatic heterocycles. The van der Waals surface area contributed by atoms with Gasteiger partial charge in [0.15, 0.2) is 0 Å². The van der Waals surface area contributed by atoms with Crippen molar-refractivity contribution in [3.05, 3.63) is 58.5 Å². The zero-order chi connectivity index (χ0) is 22.8. The second kappa shape index (κ2) is 8.88. The van der Waals surface area contributed by atoms with E-state index in [0.29, 0.717) is 29.3 Å². The predicted molar refractivity (Wildman–Crippen MR) is 113 cm³/mol. The molecule has 0 saturated heterocycles. The number of carbonyl (C=O) groups is 1. The summed E-state index contributed by atoms with van der Waals surface area (Å²) in [5.41, 5.74) is 0.248. The summed E-state index contributed by atoms with van der Waals surface area (Å²) < 4.78 is 15.7. The minimum atomic E-state index is -1.11. The molecule has 0 aliphatic rings. The Kier molecular flexibility index (Phi) is 6.43. The molecule has 3 aromatic rings. The number of hydrogen-bond donors (Lipinski definition) is 3. The molecule has 0 unspecified atom stereocenters. The molecule has 10 heteroatoms. The quantitative estimate of drug-likeness (QED) is 0.517. The van der Waals surface area contributed by atoms with Crippen LogP contribution in [-0.2, 0) is 16.8 Å².